The van der Waals surface area contributed by atoms with Crippen molar-refractivity contribution >= 4 is 0 Å². The molecule has 33 heavy (non-hydrogen) atoms. The van der Waals surface area contributed by atoms with Gasteiger partial charge in [-0.1, -0.05) is 30.3 Å². The Bertz CT molecular complexity index is 801. The lowest BCUT2D eigenvalue weighted by Crippen LogP contribution is -2.79. The molecule has 9 nitrogen and oxygen atoms in total. The lowest BCUT2D eigenvalue weighted by Gasteiger charge is -2.57. The third-order valence-corrected chi connectivity index (χ3v) is 5.76. The molecule has 1 aliphatic carbocycles. The molecule has 0 radical (unpaired) electrons. The molecule has 3 heterocycles. The normalized spacial score (nSPS) is 21.6. The van der Waals surface area contributed by atoms with Crippen molar-refractivity contribution in [3.8, 4) is 0 Å². The van der Waals surface area contributed by atoms with Crippen LogP contribution in [-0.4, -0.2) is 38.0 Å². The molecule has 0 saturated carbocycles. The maximum Gasteiger partial charge on any atom is 0.294 e. The van der Waals surface area contributed by atoms with Gasteiger partial charge in [-0.25, -0.2) is 18.6 Å². The summed E-state index contributed by atoms with van der Waals surface area (Å²) in [5, 5.41) is 0. The highest BCUT2D eigenvalue weighted by atomic mass is 35.7. The van der Waals surface area contributed by atoms with E-state index in [2.05, 4.69) is 53.2 Å². The van der Waals surface area contributed by atoms with Gasteiger partial charge in [-0.15, -0.1) is 10.2 Å². The maximum atomic E-state index is 8.49. The summed E-state index contributed by atoms with van der Waals surface area (Å²) in [6, 6.07) is 14.6. The molecule has 0 fully saturated rings. The standard InChI is InChI=1S/C23H30NO4.ClHO4/c1-5-25-22(26-6-2)20-17-13-9-10-14-18(17)21(23(22,27-7-3)28-8-4)24-16-12-11-15-19(20)24;2-1(3,4)5/h9-16,20-21H,5-8H2,1-4H3;(H,2,3,4,5)/q+1;/p-1/t20-,21-;/m0./s1. The number of aromatic nitrogens is 1. The molecule has 0 N–H and O–H groups in total. The quantitative estimate of drug-likeness (QED) is 0.338. The molecular weight excluding hydrogens is 454 g/mol. The number of halogens is 1. The van der Waals surface area contributed by atoms with Crippen LogP contribution >= 0.6 is 0 Å². The first-order valence-corrected chi connectivity index (χ1v) is 12.2. The number of nitrogens with zero attached hydrogens (tertiary/aromatic N) is 1. The van der Waals surface area contributed by atoms with Crippen molar-refractivity contribution in [2.45, 2.75) is 51.2 Å². The van der Waals surface area contributed by atoms with Gasteiger partial charge in [0, 0.05) is 44.1 Å². The van der Waals surface area contributed by atoms with Crippen LogP contribution in [-0.2, 0) is 18.9 Å². The second-order valence-electron chi connectivity index (χ2n) is 7.44. The van der Waals surface area contributed by atoms with E-state index in [1.165, 1.54) is 11.1 Å². The minimum Gasteiger partial charge on any atom is -0.344 e. The summed E-state index contributed by atoms with van der Waals surface area (Å²) in [5.74, 6) is -2.31. The Hall–Kier alpha value is -1.66. The summed E-state index contributed by atoms with van der Waals surface area (Å²) < 4.78 is 62.2. The Morgan fingerprint density at radius 3 is 1.70 bits per heavy atom. The van der Waals surface area contributed by atoms with Crippen LogP contribution in [0.15, 0.2) is 48.7 Å². The van der Waals surface area contributed by atoms with E-state index in [4.69, 9.17) is 37.6 Å². The topological polar surface area (TPSA) is 133 Å². The third kappa shape index (κ3) is 4.53. The largest absolute Gasteiger partial charge is 0.344 e. The average molecular weight is 484 g/mol. The molecule has 0 spiro atoms. The third-order valence-electron chi connectivity index (χ3n) is 5.76. The van der Waals surface area contributed by atoms with Gasteiger partial charge in [0.05, 0.1) is 0 Å². The van der Waals surface area contributed by atoms with Crippen LogP contribution in [0, 0.1) is 10.2 Å². The average Bonchev–Trinajstić information content (AvgIpc) is 2.75. The fourth-order valence-electron chi connectivity index (χ4n) is 5.13. The van der Waals surface area contributed by atoms with Crippen molar-refractivity contribution in [2.75, 3.05) is 26.4 Å². The summed E-state index contributed by atoms with van der Waals surface area (Å²) in [4.78, 5) is 0. The number of fused-ring (bicyclic) bond motifs is 1. The van der Waals surface area contributed by atoms with Crippen LogP contribution in [0.2, 0.25) is 0 Å². The van der Waals surface area contributed by atoms with Crippen LogP contribution in [0.5, 0.6) is 0 Å². The van der Waals surface area contributed by atoms with Gasteiger partial charge in [0.1, 0.15) is 5.92 Å². The summed E-state index contributed by atoms with van der Waals surface area (Å²) in [6.07, 6.45) is 2.11. The summed E-state index contributed by atoms with van der Waals surface area (Å²) in [5.41, 5.74) is 3.58. The predicted octanol–water partition coefficient (Wildman–Crippen LogP) is -1.19. The highest BCUT2D eigenvalue weighted by Crippen LogP contribution is 2.59. The van der Waals surface area contributed by atoms with Gasteiger partial charge >= 0.3 is 0 Å². The summed E-state index contributed by atoms with van der Waals surface area (Å²) in [6.45, 7) is 9.97. The van der Waals surface area contributed by atoms with Crippen molar-refractivity contribution < 1.29 is 52.4 Å². The van der Waals surface area contributed by atoms with E-state index in [0.717, 1.165) is 5.69 Å². The maximum absolute atomic E-state index is 8.49. The van der Waals surface area contributed by atoms with Gasteiger partial charge in [-0.05, 0) is 33.3 Å². The van der Waals surface area contributed by atoms with Crippen molar-refractivity contribution in [3.63, 3.8) is 0 Å². The van der Waals surface area contributed by atoms with Gasteiger partial charge in [0.15, 0.2) is 11.9 Å². The highest BCUT2D eigenvalue weighted by Gasteiger charge is 2.77. The zero-order chi connectivity index (χ0) is 24.3. The Kier molecular flexibility index (Phi) is 8.11. The lowest BCUT2D eigenvalue weighted by atomic mass is 9.66. The number of pyridine rings is 1. The Balaban J connectivity index is 0.000000555. The van der Waals surface area contributed by atoms with Gasteiger partial charge in [0.2, 0.25) is 11.8 Å². The minimum absolute atomic E-state index is 0.159. The first-order chi connectivity index (χ1) is 15.7. The Labute approximate surface area is 195 Å². The Morgan fingerprint density at radius 1 is 0.727 bits per heavy atom. The van der Waals surface area contributed by atoms with Gasteiger partial charge in [-0.2, -0.15) is 4.57 Å². The molecule has 2 bridgehead atoms. The van der Waals surface area contributed by atoms with Gasteiger partial charge in [0.25, 0.3) is 5.79 Å². The van der Waals surface area contributed by atoms with E-state index in [9.17, 15) is 0 Å². The van der Waals surface area contributed by atoms with E-state index in [0.29, 0.717) is 26.4 Å². The predicted molar refractivity (Wildman–Crippen MR) is 105 cm³/mol. The number of hydrogen-bond acceptors (Lipinski definition) is 8. The number of benzene rings is 1. The molecule has 0 saturated heterocycles. The van der Waals surface area contributed by atoms with Crippen LogP contribution in [0.1, 0.15) is 56.5 Å². The molecule has 1 aromatic heterocycles. The number of hydrogen-bond donors (Lipinski definition) is 0. The first kappa shape index (κ1) is 26.0. The van der Waals surface area contributed by atoms with Crippen molar-refractivity contribution in [3.05, 3.63) is 65.5 Å². The molecule has 0 unspecified atom stereocenters. The van der Waals surface area contributed by atoms with Crippen LogP contribution < -0.4 is 23.2 Å². The number of ether oxygens (including phenoxy) is 4. The smallest absolute Gasteiger partial charge is 0.294 e. The van der Waals surface area contributed by atoms with Crippen LogP contribution in [0.3, 0.4) is 0 Å². The summed E-state index contributed by atoms with van der Waals surface area (Å²) in [7, 11) is -4.94. The second-order valence-corrected chi connectivity index (χ2v) is 8.20. The summed E-state index contributed by atoms with van der Waals surface area (Å²) >= 11 is 0. The minimum atomic E-state index is -4.94. The molecule has 0 amide bonds. The monoisotopic (exact) mass is 483 g/mol. The second kappa shape index (κ2) is 10.3. The van der Waals surface area contributed by atoms with Gasteiger partial charge in [-0.3, -0.25) is 0 Å². The fraction of sp³-hybridized carbons (Fsp3) is 0.522. The van der Waals surface area contributed by atoms with Crippen molar-refractivity contribution in [1.82, 2.24) is 0 Å². The molecule has 2 aromatic rings. The Morgan fingerprint density at radius 2 is 1.18 bits per heavy atom. The molecule has 10 heteroatoms. The first-order valence-electron chi connectivity index (χ1n) is 11.0. The van der Waals surface area contributed by atoms with Crippen LogP contribution in [0.4, 0.5) is 0 Å². The SMILES string of the molecule is CCOC1(OCC)[C@H]2c3ccccc3[C@H]([n+]3ccccc32)C1(OCC)OCC.[O-][Cl+3]([O-])([O-])[O-]. The van der Waals surface area contributed by atoms with E-state index < -0.39 is 21.8 Å². The molecule has 182 valence electrons. The molecule has 5 rings (SSSR count). The van der Waals surface area contributed by atoms with Crippen molar-refractivity contribution in [2.24, 2.45) is 0 Å². The van der Waals surface area contributed by atoms with E-state index in [1.807, 2.05) is 27.7 Å². The van der Waals surface area contributed by atoms with E-state index in [-0.39, 0.29) is 12.0 Å². The molecule has 1 aromatic carbocycles. The fourth-order valence-corrected chi connectivity index (χ4v) is 5.13. The van der Waals surface area contributed by atoms with Gasteiger partial charge < -0.3 is 18.9 Å². The lowest BCUT2D eigenvalue weighted by molar-refractivity contribution is -2.00. The molecule has 2 atom stereocenters. The van der Waals surface area contributed by atoms with Crippen LogP contribution in [0.25, 0.3) is 0 Å². The van der Waals surface area contributed by atoms with Crippen molar-refractivity contribution in [1.29, 1.82) is 0 Å². The zero-order valence-corrected chi connectivity index (χ0v) is 19.9. The zero-order valence-electron chi connectivity index (χ0n) is 19.2. The molecule has 2 aliphatic heterocycles. The molecule has 3 aliphatic rings. The van der Waals surface area contributed by atoms with E-state index >= 15 is 0 Å². The highest BCUT2D eigenvalue weighted by molar-refractivity contribution is 5.46. The number of rotatable bonds is 8. The van der Waals surface area contributed by atoms with E-state index in [1.54, 1.807) is 0 Å². The molecular formula is C23H30ClNO8.